The number of likely N-dealkylation sites (tertiary alicyclic amines) is 1. The number of carbonyl (C=O) groups is 1. The first kappa shape index (κ1) is 25.3. The number of aliphatic hydroxyl groups excluding tert-OH is 1. The molecule has 2 N–H and O–H groups in total. The minimum absolute atomic E-state index is 0.0911. The van der Waals surface area contributed by atoms with Crippen LogP contribution in [0.3, 0.4) is 0 Å². The Morgan fingerprint density at radius 1 is 1.08 bits per heavy atom. The maximum absolute atomic E-state index is 15.5. The van der Waals surface area contributed by atoms with E-state index < -0.39 is 17.7 Å². The van der Waals surface area contributed by atoms with Crippen LogP contribution in [0.2, 0.25) is 0 Å². The van der Waals surface area contributed by atoms with Crippen LogP contribution in [-0.2, 0) is 0 Å². The molecule has 0 bridgehead atoms. The van der Waals surface area contributed by atoms with Gasteiger partial charge in [0.2, 0.25) is 5.69 Å². The quantitative estimate of drug-likeness (QED) is 0.446. The van der Waals surface area contributed by atoms with Crippen molar-refractivity contribution in [2.24, 2.45) is 0 Å². The molecule has 2 atom stereocenters. The molecule has 1 unspecified atom stereocenters. The number of nitrogens with one attached hydrogen (secondary N) is 1. The number of benzene rings is 2. The molecule has 2 aliphatic rings. The van der Waals surface area contributed by atoms with E-state index in [-0.39, 0.29) is 17.6 Å². The summed E-state index contributed by atoms with van der Waals surface area (Å²) in [5.41, 5.74) is 1.95. The van der Waals surface area contributed by atoms with Crippen molar-refractivity contribution in [3.63, 3.8) is 0 Å². The standard InChI is InChI=1S/C28H28F2N4O2S/c1-31-18-4-3-10-34(15-18)28(36)26-14-22(17-5-8-25(32-2)24(30)12-17)27(37-26)21-7-6-19(13-23(21)29)33-11-9-20(35)16-33/h5-8,12-14,18,20,31,35H,3-4,9-11,15-16H2,1H3/t18-,20?/m1/s1. The summed E-state index contributed by atoms with van der Waals surface area (Å²) in [7, 11) is 1.89. The first-order chi connectivity index (χ1) is 17.9. The maximum atomic E-state index is 15.5. The number of β-amino-alcohol motifs (C(OH)–C–C–N with tert-alkyl or cyclic N) is 1. The zero-order valence-electron chi connectivity index (χ0n) is 20.5. The van der Waals surface area contributed by atoms with Gasteiger partial charge >= 0.3 is 0 Å². The van der Waals surface area contributed by atoms with Gasteiger partial charge in [0.25, 0.3) is 5.91 Å². The summed E-state index contributed by atoms with van der Waals surface area (Å²) >= 11 is 1.20. The summed E-state index contributed by atoms with van der Waals surface area (Å²) in [5.74, 6) is -1.24. The summed E-state index contributed by atoms with van der Waals surface area (Å²) in [4.78, 5) is 21.4. The lowest BCUT2D eigenvalue weighted by Gasteiger charge is -2.32. The number of hydrogen-bond donors (Lipinski definition) is 2. The Morgan fingerprint density at radius 2 is 1.92 bits per heavy atom. The Morgan fingerprint density at radius 3 is 2.59 bits per heavy atom. The summed E-state index contributed by atoms with van der Waals surface area (Å²) < 4.78 is 30.1. The largest absolute Gasteiger partial charge is 0.391 e. The zero-order valence-corrected chi connectivity index (χ0v) is 21.3. The van der Waals surface area contributed by atoms with E-state index in [0.29, 0.717) is 64.7 Å². The Hall–Kier alpha value is -3.32. The number of hydrogen-bond acceptors (Lipinski definition) is 5. The van der Waals surface area contributed by atoms with E-state index in [9.17, 15) is 14.3 Å². The van der Waals surface area contributed by atoms with Gasteiger partial charge in [0.15, 0.2) is 0 Å². The molecule has 2 fully saturated rings. The highest BCUT2D eigenvalue weighted by atomic mass is 32.1. The highest BCUT2D eigenvalue weighted by Crippen LogP contribution is 2.42. The van der Waals surface area contributed by atoms with Gasteiger partial charge in [-0.05, 0) is 62.2 Å². The number of carbonyl (C=O) groups excluding carboxylic acids is 1. The van der Waals surface area contributed by atoms with E-state index in [1.807, 2.05) is 22.9 Å². The SMILES string of the molecule is [C-]#[N+]c1ccc(-c2cc(C(=O)N3CCC[C@@H](NC)C3)sc2-c2ccc(N3CCC(O)C3)cc2F)cc1F. The van der Waals surface area contributed by atoms with Crippen molar-refractivity contribution in [1.29, 1.82) is 0 Å². The number of piperidine rings is 1. The van der Waals surface area contributed by atoms with E-state index in [1.165, 1.54) is 29.5 Å². The first-order valence-corrected chi connectivity index (χ1v) is 13.2. The van der Waals surface area contributed by atoms with Crippen LogP contribution in [-0.4, -0.2) is 61.3 Å². The average molecular weight is 523 g/mol. The molecule has 3 heterocycles. The van der Waals surface area contributed by atoms with E-state index in [1.54, 1.807) is 18.2 Å². The molecule has 1 amide bonds. The monoisotopic (exact) mass is 522 g/mol. The predicted molar refractivity (Wildman–Crippen MR) is 142 cm³/mol. The van der Waals surface area contributed by atoms with Crippen LogP contribution in [0.25, 0.3) is 26.4 Å². The highest BCUT2D eigenvalue weighted by Gasteiger charge is 2.28. The minimum Gasteiger partial charge on any atom is -0.391 e. The summed E-state index contributed by atoms with van der Waals surface area (Å²) in [5, 5.41) is 13.1. The van der Waals surface area contributed by atoms with Crippen molar-refractivity contribution >= 4 is 28.6 Å². The third-order valence-corrected chi connectivity index (χ3v) is 8.32. The van der Waals surface area contributed by atoms with Gasteiger partial charge in [-0.25, -0.2) is 13.6 Å². The molecule has 37 heavy (non-hydrogen) atoms. The topological polar surface area (TPSA) is 60.2 Å². The molecule has 0 saturated carbocycles. The second-order valence-corrected chi connectivity index (χ2v) is 10.6. The van der Waals surface area contributed by atoms with Crippen LogP contribution in [0.1, 0.15) is 28.9 Å². The van der Waals surface area contributed by atoms with E-state index in [4.69, 9.17) is 6.57 Å². The van der Waals surface area contributed by atoms with Gasteiger partial charge in [-0.3, -0.25) is 4.79 Å². The van der Waals surface area contributed by atoms with Gasteiger partial charge in [0.05, 0.1) is 17.6 Å². The number of nitrogens with zero attached hydrogens (tertiary/aromatic N) is 3. The average Bonchev–Trinajstić information content (AvgIpc) is 3.55. The van der Waals surface area contributed by atoms with Crippen molar-refractivity contribution in [3.05, 3.63) is 70.4 Å². The Kier molecular flexibility index (Phi) is 7.24. The molecular weight excluding hydrogens is 494 g/mol. The maximum Gasteiger partial charge on any atom is 0.264 e. The fraction of sp³-hybridized carbons (Fsp3) is 0.357. The number of anilines is 1. The lowest BCUT2D eigenvalue weighted by Crippen LogP contribution is -2.46. The Bertz CT molecular complexity index is 1370. The van der Waals surface area contributed by atoms with Gasteiger partial charge in [-0.2, -0.15) is 0 Å². The number of thiophene rings is 1. The minimum atomic E-state index is -0.658. The fourth-order valence-corrected chi connectivity index (χ4v) is 6.27. The number of halogens is 2. The molecule has 192 valence electrons. The number of rotatable bonds is 5. The molecule has 2 saturated heterocycles. The van der Waals surface area contributed by atoms with Gasteiger partial charge < -0.3 is 20.2 Å². The van der Waals surface area contributed by atoms with Gasteiger partial charge in [-0.1, -0.05) is 12.1 Å². The summed E-state index contributed by atoms with van der Waals surface area (Å²) in [6, 6.07) is 11.2. The van der Waals surface area contributed by atoms with E-state index in [2.05, 4.69) is 10.2 Å². The van der Waals surface area contributed by atoms with Gasteiger partial charge in [0.1, 0.15) is 11.6 Å². The van der Waals surface area contributed by atoms with Crippen molar-refractivity contribution in [1.82, 2.24) is 10.2 Å². The molecule has 5 rings (SSSR count). The van der Waals surface area contributed by atoms with Crippen LogP contribution in [0.5, 0.6) is 0 Å². The first-order valence-electron chi connectivity index (χ1n) is 12.4. The smallest absolute Gasteiger partial charge is 0.264 e. The lowest BCUT2D eigenvalue weighted by molar-refractivity contribution is 0.0703. The number of aliphatic hydroxyl groups is 1. The summed E-state index contributed by atoms with van der Waals surface area (Å²) in [6.45, 7) is 9.49. The van der Waals surface area contributed by atoms with Crippen LogP contribution in [0, 0.1) is 18.2 Å². The molecule has 2 aliphatic heterocycles. The van der Waals surface area contributed by atoms with Crippen LogP contribution >= 0.6 is 11.3 Å². The molecule has 2 aromatic carbocycles. The number of amides is 1. The predicted octanol–water partition coefficient (Wildman–Crippen LogP) is 5.31. The Balaban J connectivity index is 1.56. The molecular formula is C28H28F2N4O2S. The summed E-state index contributed by atoms with van der Waals surface area (Å²) in [6.07, 6.45) is 2.11. The van der Waals surface area contributed by atoms with Crippen LogP contribution in [0.4, 0.5) is 20.2 Å². The van der Waals surface area contributed by atoms with Crippen LogP contribution < -0.4 is 10.2 Å². The second kappa shape index (κ2) is 10.6. The zero-order chi connectivity index (χ0) is 26.1. The molecule has 0 radical (unpaired) electrons. The van der Waals surface area contributed by atoms with E-state index in [0.717, 1.165) is 12.8 Å². The third-order valence-electron chi connectivity index (χ3n) is 7.16. The lowest BCUT2D eigenvalue weighted by atomic mass is 10.0. The molecule has 1 aromatic heterocycles. The highest BCUT2D eigenvalue weighted by molar-refractivity contribution is 7.18. The third kappa shape index (κ3) is 5.10. The fourth-order valence-electron chi connectivity index (χ4n) is 5.09. The second-order valence-electron chi connectivity index (χ2n) is 9.56. The molecule has 3 aromatic rings. The van der Waals surface area contributed by atoms with Crippen LogP contribution in [0.15, 0.2) is 42.5 Å². The number of likely N-dealkylation sites (N-methyl/N-ethyl adjacent to an activating group) is 1. The van der Waals surface area contributed by atoms with Crippen molar-refractivity contribution in [2.45, 2.75) is 31.4 Å². The molecule has 6 nitrogen and oxygen atoms in total. The van der Waals surface area contributed by atoms with Gasteiger partial charge in [0, 0.05) is 53.9 Å². The molecule has 0 aliphatic carbocycles. The normalized spacial score (nSPS) is 19.8. The van der Waals surface area contributed by atoms with Crippen molar-refractivity contribution in [3.8, 4) is 21.6 Å². The van der Waals surface area contributed by atoms with Crippen molar-refractivity contribution < 1.29 is 18.7 Å². The Labute approximate surface area is 219 Å². The van der Waals surface area contributed by atoms with Gasteiger partial charge in [-0.15, -0.1) is 11.3 Å². The molecule has 0 spiro atoms. The molecule has 9 heteroatoms. The van der Waals surface area contributed by atoms with E-state index >= 15 is 4.39 Å². The van der Waals surface area contributed by atoms with Crippen molar-refractivity contribution in [2.75, 3.05) is 38.1 Å².